The molecule has 0 amide bonds. The molecule has 5 heteroatoms. The zero-order valence-electron chi connectivity index (χ0n) is 17.8. The Bertz CT molecular complexity index is 610. The Kier molecular flexibility index (Phi) is 8.62. The fraction of sp³-hybridized carbons (Fsp3) is 0.696. The van der Waals surface area contributed by atoms with Crippen LogP contribution >= 0.6 is 0 Å². The highest BCUT2D eigenvalue weighted by Gasteiger charge is 2.24. The van der Waals surface area contributed by atoms with Gasteiger partial charge in [-0.05, 0) is 50.4 Å². The van der Waals surface area contributed by atoms with E-state index < -0.39 is 0 Å². The molecule has 28 heavy (non-hydrogen) atoms. The lowest BCUT2D eigenvalue weighted by atomic mass is 10.1. The third kappa shape index (κ3) is 6.21. The van der Waals surface area contributed by atoms with Gasteiger partial charge < -0.3 is 15.0 Å². The maximum atomic E-state index is 5.35. The number of likely N-dealkylation sites (tertiary alicyclic amines) is 2. The number of ether oxygens (including phenoxy) is 1. The first-order valence-electron chi connectivity index (χ1n) is 11.1. The molecule has 1 atom stereocenters. The molecule has 1 aromatic rings. The minimum Gasteiger partial charge on any atom is -0.384 e. The van der Waals surface area contributed by atoms with Crippen molar-refractivity contribution < 1.29 is 4.74 Å². The number of benzene rings is 1. The van der Waals surface area contributed by atoms with Crippen molar-refractivity contribution in [3.8, 4) is 0 Å². The number of methoxy groups -OCH3 is 1. The van der Waals surface area contributed by atoms with E-state index in [2.05, 4.69) is 46.3 Å². The van der Waals surface area contributed by atoms with Crippen LogP contribution in [0.25, 0.3) is 0 Å². The molecular weight excluding hydrogens is 348 g/mol. The monoisotopic (exact) mass is 386 g/mol. The molecule has 0 spiro atoms. The Hall–Kier alpha value is -1.59. The molecule has 0 saturated carbocycles. The Labute approximate surface area is 171 Å². The van der Waals surface area contributed by atoms with Gasteiger partial charge in [0.1, 0.15) is 0 Å². The van der Waals surface area contributed by atoms with Gasteiger partial charge in [-0.3, -0.25) is 4.90 Å². The molecule has 2 aliphatic heterocycles. The minimum absolute atomic E-state index is 0.615. The van der Waals surface area contributed by atoms with Crippen molar-refractivity contribution in [2.75, 3.05) is 46.4 Å². The van der Waals surface area contributed by atoms with E-state index in [1.54, 1.807) is 7.11 Å². The summed E-state index contributed by atoms with van der Waals surface area (Å²) in [5.41, 5.74) is 2.79. The van der Waals surface area contributed by atoms with E-state index in [0.29, 0.717) is 5.92 Å². The largest absolute Gasteiger partial charge is 0.384 e. The van der Waals surface area contributed by atoms with Crippen molar-refractivity contribution >= 4 is 5.96 Å². The fourth-order valence-electron chi connectivity index (χ4n) is 4.38. The van der Waals surface area contributed by atoms with Crippen LogP contribution in [0.1, 0.15) is 50.2 Å². The van der Waals surface area contributed by atoms with Crippen molar-refractivity contribution in [1.82, 2.24) is 15.1 Å². The maximum absolute atomic E-state index is 5.35. The van der Waals surface area contributed by atoms with Crippen molar-refractivity contribution in [1.29, 1.82) is 0 Å². The highest BCUT2D eigenvalue weighted by Crippen LogP contribution is 2.19. The predicted octanol–water partition coefficient (Wildman–Crippen LogP) is 3.50. The average Bonchev–Trinajstić information content (AvgIpc) is 3.02. The standard InChI is InChI=1S/C23H38N4O/c1-3-24-23(27-15-12-20(17-27)19-28-2)25-16-21-10-6-7-11-22(21)18-26-13-8-4-5-9-14-26/h6-7,10-11,20H,3-5,8-9,12-19H2,1-2H3,(H,24,25). The summed E-state index contributed by atoms with van der Waals surface area (Å²) >= 11 is 0. The predicted molar refractivity (Wildman–Crippen MR) is 117 cm³/mol. The van der Waals surface area contributed by atoms with Gasteiger partial charge in [-0.2, -0.15) is 0 Å². The SMILES string of the molecule is CCNC(=NCc1ccccc1CN1CCCCCC1)N1CCC(COC)C1. The Morgan fingerprint density at radius 1 is 1.11 bits per heavy atom. The molecule has 5 nitrogen and oxygen atoms in total. The van der Waals surface area contributed by atoms with Crippen LogP contribution in [0, 0.1) is 5.92 Å². The molecule has 2 heterocycles. The van der Waals surface area contributed by atoms with E-state index >= 15 is 0 Å². The molecule has 0 radical (unpaired) electrons. The lowest BCUT2D eigenvalue weighted by Crippen LogP contribution is -2.40. The summed E-state index contributed by atoms with van der Waals surface area (Å²) in [6.45, 7) is 10.3. The quantitative estimate of drug-likeness (QED) is 0.575. The van der Waals surface area contributed by atoms with E-state index in [1.165, 1.54) is 56.3 Å². The first-order valence-corrected chi connectivity index (χ1v) is 11.1. The molecular formula is C23H38N4O. The second kappa shape index (κ2) is 11.4. The molecule has 0 bridgehead atoms. The lowest BCUT2D eigenvalue weighted by Gasteiger charge is -2.23. The van der Waals surface area contributed by atoms with Gasteiger partial charge in [0.25, 0.3) is 0 Å². The second-order valence-electron chi connectivity index (χ2n) is 8.19. The summed E-state index contributed by atoms with van der Waals surface area (Å²) in [5, 5.41) is 3.49. The van der Waals surface area contributed by atoms with Crippen molar-refractivity contribution in [2.24, 2.45) is 10.9 Å². The smallest absolute Gasteiger partial charge is 0.194 e. The Morgan fingerprint density at radius 3 is 2.57 bits per heavy atom. The Morgan fingerprint density at radius 2 is 1.86 bits per heavy atom. The second-order valence-corrected chi connectivity index (χ2v) is 8.19. The molecule has 2 fully saturated rings. The van der Waals surface area contributed by atoms with Gasteiger partial charge in [-0.25, -0.2) is 4.99 Å². The third-order valence-corrected chi connectivity index (χ3v) is 5.93. The lowest BCUT2D eigenvalue weighted by molar-refractivity contribution is 0.157. The van der Waals surface area contributed by atoms with Crippen LogP contribution in [0.5, 0.6) is 0 Å². The van der Waals surface area contributed by atoms with Gasteiger partial charge in [0, 0.05) is 39.2 Å². The number of guanidine groups is 1. The van der Waals surface area contributed by atoms with Crippen LogP contribution < -0.4 is 5.32 Å². The van der Waals surface area contributed by atoms with Crippen molar-refractivity contribution in [3.05, 3.63) is 35.4 Å². The van der Waals surface area contributed by atoms with E-state index in [-0.39, 0.29) is 0 Å². The van der Waals surface area contributed by atoms with E-state index in [4.69, 9.17) is 9.73 Å². The van der Waals surface area contributed by atoms with Gasteiger partial charge in [-0.1, -0.05) is 37.1 Å². The maximum Gasteiger partial charge on any atom is 0.194 e. The fourth-order valence-corrected chi connectivity index (χ4v) is 4.38. The summed E-state index contributed by atoms with van der Waals surface area (Å²) in [5.74, 6) is 1.66. The first-order chi connectivity index (χ1) is 13.8. The van der Waals surface area contributed by atoms with Gasteiger partial charge in [0.15, 0.2) is 5.96 Å². The molecule has 1 N–H and O–H groups in total. The van der Waals surface area contributed by atoms with Crippen molar-refractivity contribution in [3.63, 3.8) is 0 Å². The van der Waals surface area contributed by atoms with Crippen LogP contribution in [0.15, 0.2) is 29.3 Å². The molecule has 1 unspecified atom stereocenters. The molecule has 0 aromatic heterocycles. The van der Waals surface area contributed by atoms with E-state index in [9.17, 15) is 0 Å². The third-order valence-electron chi connectivity index (χ3n) is 5.93. The zero-order valence-corrected chi connectivity index (χ0v) is 17.8. The van der Waals surface area contributed by atoms with Gasteiger partial charge >= 0.3 is 0 Å². The summed E-state index contributed by atoms with van der Waals surface area (Å²) in [7, 11) is 1.79. The number of hydrogen-bond donors (Lipinski definition) is 1. The number of aliphatic imine (C=N–C) groups is 1. The van der Waals surface area contributed by atoms with Gasteiger partial charge in [0.2, 0.25) is 0 Å². The Balaban J connectivity index is 1.65. The number of nitrogens with zero attached hydrogens (tertiary/aromatic N) is 3. The number of nitrogens with one attached hydrogen (secondary N) is 1. The average molecular weight is 387 g/mol. The summed E-state index contributed by atoms with van der Waals surface area (Å²) in [6.07, 6.45) is 6.62. The van der Waals surface area contributed by atoms with Gasteiger partial charge in [0.05, 0.1) is 13.2 Å². The van der Waals surface area contributed by atoms with Gasteiger partial charge in [-0.15, -0.1) is 0 Å². The number of rotatable bonds is 7. The highest BCUT2D eigenvalue weighted by atomic mass is 16.5. The zero-order chi connectivity index (χ0) is 19.6. The van der Waals surface area contributed by atoms with Crippen LogP contribution in [0.4, 0.5) is 0 Å². The molecule has 156 valence electrons. The van der Waals surface area contributed by atoms with E-state index in [1.807, 2.05) is 0 Å². The normalized spacial score (nSPS) is 21.7. The molecule has 1 aromatic carbocycles. The minimum atomic E-state index is 0.615. The van der Waals surface area contributed by atoms with Crippen molar-refractivity contribution in [2.45, 2.75) is 52.1 Å². The van der Waals surface area contributed by atoms with Crippen LogP contribution in [0.3, 0.4) is 0 Å². The summed E-state index contributed by atoms with van der Waals surface area (Å²) in [6, 6.07) is 8.85. The van der Waals surface area contributed by atoms with Crippen LogP contribution in [-0.2, 0) is 17.8 Å². The summed E-state index contributed by atoms with van der Waals surface area (Å²) < 4.78 is 5.35. The van der Waals surface area contributed by atoms with Crippen LogP contribution in [0.2, 0.25) is 0 Å². The molecule has 2 saturated heterocycles. The van der Waals surface area contributed by atoms with E-state index in [0.717, 1.165) is 45.3 Å². The first kappa shape index (κ1) is 21.1. The molecule has 3 rings (SSSR count). The van der Waals surface area contributed by atoms with Crippen LogP contribution in [-0.4, -0.2) is 62.2 Å². The molecule has 2 aliphatic rings. The molecule has 0 aliphatic carbocycles. The number of hydrogen-bond acceptors (Lipinski definition) is 3. The summed E-state index contributed by atoms with van der Waals surface area (Å²) in [4.78, 5) is 10.0. The topological polar surface area (TPSA) is 40.1 Å². The highest BCUT2D eigenvalue weighted by molar-refractivity contribution is 5.80.